The highest BCUT2D eigenvalue weighted by Gasteiger charge is 2.46. The normalized spacial score (nSPS) is 16.5. The number of aromatic nitrogens is 2. The molecule has 0 bridgehead atoms. The number of fused-ring (bicyclic) bond motifs is 1. The van der Waals surface area contributed by atoms with Crippen LogP contribution in [0.25, 0.3) is 5.69 Å². The Labute approximate surface area is 227 Å². The Balaban J connectivity index is 1.14. The summed E-state index contributed by atoms with van der Waals surface area (Å²) in [4.78, 5) is 74.3. The number of primary amides is 1. The number of piperidine rings is 1. The number of amides is 6. The zero-order valence-corrected chi connectivity index (χ0v) is 21.1. The Kier molecular flexibility index (Phi) is 7.10. The van der Waals surface area contributed by atoms with Crippen molar-refractivity contribution in [3.8, 4) is 11.4 Å². The highest BCUT2D eigenvalue weighted by atomic mass is 16.5. The third-order valence-electron chi connectivity index (χ3n) is 6.49. The summed E-state index contributed by atoms with van der Waals surface area (Å²) in [6.45, 7) is 0.101. The first-order valence-corrected chi connectivity index (χ1v) is 12.5. The van der Waals surface area contributed by atoms with Crippen LogP contribution in [0.3, 0.4) is 0 Å². The van der Waals surface area contributed by atoms with Gasteiger partial charge in [0.25, 0.3) is 17.7 Å². The quantitative estimate of drug-likeness (QED) is 0.265. The highest BCUT2D eigenvalue weighted by molar-refractivity contribution is 6.24. The summed E-state index contributed by atoms with van der Waals surface area (Å²) >= 11 is 0. The topological polar surface area (TPSA) is 183 Å². The average molecular weight is 545 g/mol. The van der Waals surface area contributed by atoms with Crippen LogP contribution < -0.4 is 21.1 Å². The van der Waals surface area contributed by atoms with Crippen LogP contribution in [0.15, 0.2) is 54.7 Å². The van der Waals surface area contributed by atoms with Gasteiger partial charge >= 0.3 is 0 Å². The number of benzene rings is 2. The largest absolute Gasteiger partial charge is 0.493 e. The van der Waals surface area contributed by atoms with Crippen molar-refractivity contribution >= 4 is 41.1 Å². The standard InChI is InChI=1S/C27H24N6O7/c28-24(36)18-12-13-32(31-18)16-8-6-15(7-9-16)29-21(34)5-2-14-40-20-4-1-3-17-23(20)27(39)33(26(17)38)19-10-11-22(35)30-25(19)37/h1,3-4,6-9,12-13,19H,2,5,10-11,14H2,(H2,28,36)(H,29,34)(H,30,35,37). The molecule has 0 radical (unpaired) electrons. The fourth-order valence-electron chi connectivity index (χ4n) is 4.54. The van der Waals surface area contributed by atoms with Crippen molar-refractivity contribution in [2.75, 3.05) is 11.9 Å². The van der Waals surface area contributed by atoms with Gasteiger partial charge in [0.05, 0.1) is 23.4 Å². The molecule has 6 amide bonds. The molecule has 1 unspecified atom stereocenters. The molecule has 2 aliphatic rings. The van der Waals surface area contributed by atoms with E-state index in [2.05, 4.69) is 15.7 Å². The van der Waals surface area contributed by atoms with E-state index >= 15 is 0 Å². The van der Waals surface area contributed by atoms with Crippen molar-refractivity contribution in [3.05, 3.63) is 71.5 Å². The van der Waals surface area contributed by atoms with Crippen molar-refractivity contribution in [2.45, 2.75) is 31.7 Å². The van der Waals surface area contributed by atoms with Gasteiger partial charge in [0.2, 0.25) is 17.7 Å². The second-order valence-electron chi connectivity index (χ2n) is 9.18. The summed E-state index contributed by atoms with van der Waals surface area (Å²) < 4.78 is 7.25. The first kappa shape index (κ1) is 26.3. The van der Waals surface area contributed by atoms with E-state index < -0.39 is 35.6 Å². The molecule has 13 nitrogen and oxygen atoms in total. The summed E-state index contributed by atoms with van der Waals surface area (Å²) in [6, 6.07) is 11.9. The van der Waals surface area contributed by atoms with Crippen LogP contribution in [0.2, 0.25) is 0 Å². The molecule has 0 saturated carbocycles. The third kappa shape index (κ3) is 5.16. The Hall–Kier alpha value is -5.33. The van der Waals surface area contributed by atoms with Crippen LogP contribution in [0.4, 0.5) is 5.69 Å². The van der Waals surface area contributed by atoms with Crippen LogP contribution in [0, 0.1) is 0 Å². The predicted octanol–water partition coefficient (Wildman–Crippen LogP) is 1.17. The number of nitrogens with zero attached hydrogens (tertiary/aromatic N) is 3. The van der Waals surface area contributed by atoms with Crippen molar-refractivity contribution in [3.63, 3.8) is 0 Å². The number of anilines is 1. The molecule has 1 aromatic heterocycles. The second-order valence-corrected chi connectivity index (χ2v) is 9.18. The van der Waals surface area contributed by atoms with Crippen LogP contribution in [-0.2, 0) is 14.4 Å². The van der Waals surface area contributed by atoms with Crippen molar-refractivity contribution in [2.24, 2.45) is 5.73 Å². The third-order valence-corrected chi connectivity index (χ3v) is 6.49. The summed E-state index contributed by atoms with van der Waals surface area (Å²) in [6.07, 6.45) is 2.15. The van der Waals surface area contributed by atoms with Gasteiger partial charge in [0, 0.05) is 24.7 Å². The lowest BCUT2D eigenvalue weighted by Gasteiger charge is -2.27. The minimum absolute atomic E-state index is 0.0293. The molecule has 2 aliphatic heterocycles. The maximum absolute atomic E-state index is 13.1. The number of hydrogen-bond acceptors (Lipinski definition) is 8. The molecule has 4 N–H and O–H groups in total. The number of nitrogens with two attached hydrogens (primary N) is 1. The molecule has 3 aromatic rings. The SMILES string of the molecule is NC(=O)c1ccn(-c2ccc(NC(=O)CCCOc3cccc4c3C(=O)N(C3CCC(=O)NC3=O)C4=O)cc2)n1. The minimum atomic E-state index is -1.07. The first-order chi connectivity index (χ1) is 19.2. The van der Waals surface area contributed by atoms with Gasteiger partial charge in [-0.3, -0.25) is 39.0 Å². The van der Waals surface area contributed by atoms with Gasteiger partial charge in [-0.2, -0.15) is 5.10 Å². The van der Waals surface area contributed by atoms with E-state index in [0.29, 0.717) is 17.8 Å². The summed E-state index contributed by atoms with van der Waals surface area (Å²) in [5, 5.41) is 9.02. The number of hydrogen-bond donors (Lipinski definition) is 3. The molecule has 0 aliphatic carbocycles. The van der Waals surface area contributed by atoms with Gasteiger partial charge in [-0.25, -0.2) is 4.68 Å². The Morgan fingerprint density at radius 3 is 2.52 bits per heavy atom. The number of imide groups is 2. The Morgan fingerprint density at radius 2 is 1.82 bits per heavy atom. The van der Waals surface area contributed by atoms with E-state index in [1.165, 1.54) is 16.8 Å². The lowest BCUT2D eigenvalue weighted by Crippen LogP contribution is -2.54. The molecule has 5 rings (SSSR count). The van der Waals surface area contributed by atoms with Crippen LogP contribution in [0.1, 0.15) is 56.9 Å². The lowest BCUT2D eigenvalue weighted by atomic mass is 10.0. The number of rotatable bonds is 9. The molecular formula is C27H24N6O7. The van der Waals surface area contributed by atoms with E-state index in [-0.39, 0.29) is 54.3 Å². The minimum Gasteiger partial charge on any atom is -0.493 e. The van der Waals surface area contributed by atoms with Crippen LogP contribution in [-0.4, -0.2) is 62.8 Å². The summed E-state index contributed by atoms with van der Waals surface area (Å²) in [5.41, 5.74) is 6.78. The average Bonchev–Trinajstić information content (AvgIpc) is 3.52. The molecule has 40 heavy (non-hydrogen) atoms. The van der Waals surface area contributed by atoms with Crippen molar-refractivity contribution in [1.82, 2.24) is 20.0 Å². The van der Waals surface area contributed by atoms with Gasteiger partial charge in [-0.05, 0) is 55.3 Å². The lowest BCUT2D eigenvalue weighted by molar-refractivity contribution is -0.136. The molecule has 0 spiro atoms. The fourth-order valence-corrected chi connectivity index (χ4v) is 4.54. The maximum atomic E-state index is 13.1. The summed E-state index contributed by atoms with van der Waals surface area (Å²) in [5.74, 6) is -3.11. The number of carbonyl (C=O) groups excluding carboxylic acids is 6. The molecule has 1 saturated heterocycles. The molecule has 13 heteroatoms. The van der Waals surface area contributed by atoms with Gasteiger partial charge in [-0.15, -0.1) is 0 Å². The van der Waals surface area contributed by atoms with E-state index in [9.17, 15) is 28.8 Å². The molecule has 2 aromatic carbocycles. The zero-order valence-electron chi connectivity index (χ0n) is 21.1. The van der Waals surface area contributed by atoms with Gasteiger partial charge < -0.3 is 15.8 Å². The fraction of sp³-hybridized carbons (Fsp3) is 0.222. The van der Waals surface area contributed by atoms with Gasteiger partial charge in [0.15, 0.2) is 0 Å². The monoisotopic (exact) mass is 544 g/mol. The Bertz CT molecular complexity index is 1540. The van der Waals surface area contributed by atoms with E-state index in [1.807, 2.05) is 0 Å². The highest BCUT2D eigenvalue weighted by Crippen LogP contribution is 2.33. The Morgan fingerprint density at radius 1 is 1.05 bits per heavy atom. The van der Waals surface area contributed by atoms with Crippen molar-refractivity contribution in [1.29, 1.82) is 0 Å². The second kappa shape index (κ2) is 10.8. The summed E-state index contributed by atoms with van der Waals surface area (Å²) in [7, 11) is 0. The molecular weight excluding hydrogens is 520 g/mol. The molecule has 3 heterocycles. The molecule has 1 atom stereocenters. The van der Waals surface area contributed by atoms with Crippen LogP contribution in [0.5, 0.6) is 5.75 Å². The predicted molar refractivity (Wildman–Crippen MR) is 139 cm³/mol. The van der Waals surface area contributed by atoms with Crippen LogP contribution >= 0.6 is 0 Å². The van der Waals surface area contributed by atoms with Gasteiger partial charge in [-0.1, -0.05) is 6.07 Å². The first-order valence-electron chi connectivity index (χ1n) is 12.5. The number of nitrogens with one attached hydrogen (secondary N) is 2. The number of ether oxygens (including phenoxy) is 1. The van der Waals surface area contributed by atoms with E-state index in [0.717, 1.165) is 4.90 Å². The molecule has 1 fully saturated rings. The molecule has 204 valence electrons. The number of carbonyl (C=O) groups is 6. The smallest absolute Gasteiger partial charge is 0.269 e. The zero-order chi connectivity index (χ0) is 28.4. The van der Waals surface area contributed by atoms with E-state index in [4.69, 9.17) is 10.5 Å². The maximum Gasteiger partial charge on any atom is 0.269 e. The van der Waals surface area contributed by atoms with E-state index in [1.54, 1.807) is 42.6 Å². The van der Waals surface area contributed by atoms with Crippen molar-refractivity contribution < 1.29 is 33.5 Å². The van der Waals surface area contributed by atoms with Gasteiger partial charge in [0.1, 0.15) is 17.5 Å².